The van der Waals surface area contributed by atoms with Gasteiger partial charge in [0.15, 0.2) is 11.4 Å². The van der Waals surface area contributed by atoms with E-state index in [0.717, 1.165) is 16.7 Å². The molecule has 0 saturated heterocycles. The van der Waals surface area contributed by atoms with Crippen molar-refractivity contribution in [3.05, 3.63) is 83.1 Å². The van der Waals surface area contributed by atoms with E-state index in [1.54, 1.807) is 32.2 Å². The summed E-state index contributed by atoms with van der Waals surface area (Å²) in [6, 6.07) is 17.9. The zero-order valence-corrected chi connectivity index (χ0v) is 18.8. The molecular weight excluding hydrogens is 428 g/mol. The second-order valence-corrected chi connectivity index (χ2v) is 7.48. The summed E-state index contributed by atoms with van der Waals surface area (Å²) in [5.41, 5.74) is 2.64. The molecule has 0 saturated carbocycles. The minimum Gasteiger partial charge on any atom is -0.486 e. The van der Waals surface area contributed by atoms with Crippen molar-refractivity contribution in [3.8, 4) is 16.9 Å². The molecule has 0 bridgehead atoms. The Kier molecular flexibility index (Phi) is 8.22. The number of amides is 1. The van der Waals surface area contributed by atoms with E-state index in [-0.39, 0.29) is 18.9 Å². The topological polar surface area (TPSA) is 77.5 Å². The number of carbonyl (C=O) groups is 2. The Labute approximate surface area is 192 Å². The number of rotatable bonds is 9. The van der Waals surface area contributed by atoms with Crippen LogP contribution in [0.4, 0.5) is 0 Å². The largest absolute Gasteiger partial charge is 0.486 e. The van der Waals surface area contributed by atoms with Crippen LogP contribution in [0.5, 0.6) is 5.75 Å². The zero-order chi connectivity index (χ0) is 22.9. The van der Waals surface area contributed by atoms with Gasteiger partial charge in [0.1, 0.15) is 12.6 Å². The lowest BCUT2D eigenvalue weighted by Gasteiger charge is -2.17. The van der Waals surface area contributed by atoms with E-state index < -0.39 is 17.9 Å². The molecular formula is C25H25ClN2O4. The van der Waals surface area contributed by atoms with Gasteiger partial charge >= 0.3 is 5.97 Å². The van der Waals surface area contributed by atoms with E-state index in [1.807, 2.05) is 48.5 Å². The van der Waals surface area contributed by atoms with E-state index in [0.29, 0.717) is 17.2 Å². The number of halogens is 1. The normalized spacial score (nSPS) is 11.5. The van der Waals surface area contributed by atoms with E-state index in [9.17, 15) is 9.59 Å². The van der Waals surface area contributed by atoms with Gasteiger partial charge in [-0.2, -0.15) is 0 Å². The van der Waals surface area contributed by atoms with Crippen molar-refractivity contribution in [2.45, 2.75) is 32.9 Å². The Balaban J connectivity index is 1.90. The Morgan fingerprint density at radius 3 is 2.50 bits per heavy atom. The Morgan fingerprint density at radius 2 is 1.81 bits per heavy atom. The van der Waals surface area contributed by atoms with Crippen molar-refractivity contribution in [2.24, 2.45) is 0 Å². The molecule has 6 nitrogen and oxygen atoms in total. The third-order valence-electron chi connectivity index (χ3n) is 4.75. The molecule has 0 fully saturated rings. The van der Waals surface area contributed by atoms with Crippen LogP contribution in [-0.4, -0.2) is 29.5 Å². The van der Waals surface area contributed by atoms with E-state index in [4.69, 9.17) is 21.1 Å². The SMILES string of the molecule is CCOC(=O)C(CC)NC(=O)c1ncc(-c2cccc(Cl)c2)cc1OCc1ccccc1. The number of hydrogen-bond acceptors (Lipinski definition) is 5. The Hall–Kier alpha value is -3.38. The van der Waals surface area contributed by atoms with Crippen LogP contribution in [0.25, 0.3) is 11.1 Å². The molecule has 0 spiro atoms. The predicted octanol–water partition coefficient (Wildman–Crippen LogP) is 5.05. The number of carbonyl (C=O) groups excluding carboxylic acids is 2. The quantitative estimate of drug-likeness (QED) is 0.459. The lowest BCUT2D eigenvalue weighted by molar-refractivity contribution is -0.145. The number of pyridine rings is 1. The molecule has 1 heterocycles. The van der Waals surface area contributed by atoms with Crippen molar-refractivity contribution >= 4 is 23.5 Å². The van der Waals surface area contributed by atoms with Crippen LogP contribution in [0.2, 0.25) is 5.02 Å². The van der Waals surface area contributed by atoms with E-state index >= 15 is 0 Å². The number of nitrogens with one attached hydrogen (secondary N) is 1. The lowest BCUT2D eigenvalue weighted by Crippen LogP contribution is -2.41. The molecule has 2 aromatic carbocycles. The van der Waals surface area contributed by atoms with Crippen LogP contribution in [0.1, 0.15) is 36.3 Å². The standard InChI is InChI=1S/C25H25ClN2O4/c1-3-21(25(30)31-4-2)28-24(29)23-22(32-16-17-9-6-5-7-10-17)14-19(15-27-23)18-11-8-12-20(26)13-18/h5-15,21H,3-4,16H2,1-2H3,(H,28,29). The minimum atomic E-state index is -0.765. The van der Waals surface area contributed by atoms with Crippen LogP contribution >= 0.6 is 11.6 Å². The predicted molar refractivity (Wildman–Crippen MR) is 124 cm³/mol. The van der Waals surface area contributed by atoms with Crippen LogP contribution in [0, 0.1) is 0 Å². The summed E-state index contributed by atoms with van der Waals surface area (Å²) < 4.78 is 11.0. The first-order valence-electron chi connectivity index (χ1n) is 10.4. The molecule has 1 atom stereocenters. The highest BCUT2D eigenvalue weighted by molar-refractivity contribution is 6.30. The van der Waals surface area contributed by atoms with Crippen molar-refractivity contribution in [1.82, 2.24) is 10.3 Å². The van der Waals surface area contributed by atoms with Crippen molar-refractivity contribution < 1.29 is 19.1 Å². The number of nitrogens with zero attached hydrogens (tertiary/aromatic N) is 1. The fourth-order valence-electron chi connectivity index (χ4n) is 3.08. The van der Waals surface area contributed by atoms with Gasteiger partial charge in [-0.25, -0.2) is 9.78 Å². The fraction of sp³-hybridized carbons (Fsp3) is 0.240. The van der Waals surface area contributed by atoms with Gasteiger partial charge in [-0.3, -0.25) is 4.79 Å². The van der Waals surface area contributed by atoms with Gasteiger partial charge in [0.25, 0.3) is 5.91 Å². The molecule has 0 aliphatic rings. The molecule has 1 N–H and O–H groups in total. The van der Waals surface area contributed by atoms with E-state index in [2.05, 4.69) is 10.3 Å². The summed E-state index contributed by atoms with van der Waals surface area (Å²) >= 11 is 6.13. The summed E-state index contributed by atoms with van der Waals surface area (Å²) in [5, 5.41) is 3.29. The first-order chi connectivity index (χ1) is 15.5. The molecule has 3 rings (SSSR count). The van der Waals surface area contributed by atoms with Gasteiger partial charge in [0.05, 0.1) is 6.61 Å². The molecule has 7 heteroatoms. The number of ether oxygens (including phenoxy) is 2. The van der Waals surface area contributed by atoms with Crippen molar-refractivity contribution in [3.63, 3.8) is 0 Å². The molecule has 0 radical (unpaired) electrons. The summed E-state index contributed by atoms with van der Waals surface area (Å²) in [5.74, 6) is -0.682. The Morgan fingerprint density at radius 1 is 1.03 bits per heavy atom. The summed E-state index contributed by atoms with van der Waals surface area (Å²) in [7, 11) is 0. The second-order valence-electron chi connectivity index (χ2n) is 7.04. The summed E-state index contributed by atoms with van der Waals surface area (Å²) in [6.07, 6.45) is 1.98. The number of aromatic nitrogens is 1. The third-order valence-corrected chi connectivity index (χ3v) is 4.98. The zero-order valence-electron chi connectivity index (χ0n) is 18.0. The van der Waals surface area contributed by atoms with Gasteiger partial charge in [-0.1, -0.05) is 61.0 Å². The first-order valence-corrected chi connectivity index (χ1v) is 10.8. The van der Waals surface area contributed by atoms with Crippen molar-refractivity contribution in [1.29, 1.82) is 0 Å². The van der Waals surface area contributed by atoms with Crippen LogP contribution < -0.4 is 10.1 Å². The van der Waals surface area contributed by atoms with Gasteiger partial charge in [-0.15, -0.1) is 0 Å². The van der Waals surface area contributed by atoms with Crippen molar-refractivity contribution in [2.75, 3.05) is 6.61 Å². The molecule has 1 amide bonds. The molecule has 0 aliphatic heterocycles. The maximum absolute atomic E-state index is 13.0. The average molecular weight is 453 g/mol. The third kappa shape index (κ3) is 6.08. The van der Waals surface area contributed by atoms with Crippen LogP contribution in [-0.2, 0) is 16.1 Å². The number of hydrogen-bond donors (Lipinski definition) is 1. The van der Waals surface area contributed by atoms with Gasteiger partial charge in [0.2, 0.25) is 0 Å². The van der Waals surface area contributed by atoms with E-state index in [1.165, 1.54) is 0 Å². The first kappa shape index (κ1) is 23.3. The lowest BCUT2D eigenvalue weighted by atomic mass is 10.1. The molecule has 1 unspecified atom stereocenters. The summed E-state index contributed by atoms with van der Waals surface area (Å²) in [4.78, 5) is 29.4. The van der Waals surface area contributed by atoms with Gasteiger partial charge in [-0.05, 0) is 42.7 Å². The maximum atomic E-state index is 13.0. The summed E-state index contributed by atoms with van der Waals surface area (Å²) in [6.45, 7) is 4.02. The van der Waals surface area contributed by atoms with Gasteiger partial charge < -0.3 is 14.8 Å². The second kappa shape index (κ2) is 11.3. The molecule has 32 heavy (non-hydrogen) atoms. The highest BCUT2D eigenvalue weighted by Gasteiger charge is 2.24. The highest BCUT2D eigenvalue weighted by Crippen LogP contribution is 2.28. The molecule has 1 aromatic heterocycles. The fourth-order valence-corrected chi connectivity index (χ4v) is 3.27. The van der Waals surface area contributed by atoms with Gasteiger partial charge in [0, 0.05) is 16.8 Å². The van der Waals surface area contributed by atoms with Crippen LogP contribution in [0.3, 0.4) is 0 Å². The minimum absolute atomic E-state index is 0.0921. The highest BCUT2D eigenvalue weighted by atomic mass is 35.5. The smallest absolute Gasteiger partial charge is 0.328 e. The molecule has 3 aromatic rings. The maximum Gasteiger partial charge on any atom is 0.328 e. The molecule has 166 valence electrons. The molecule has 0 aliphatic carbocycles. The number of benzene rings is 2. The van der Waals surface area contributed by atoms with Crippen LogP contribution in [0.15, 0.2) is 66.9 Å². The average Bonchev–Trinajstić information content (AvgIpc) is 2.81. The monoisotopic (exact) mass is 452 g/mol. The Bertz CT molecular complexity index is 1070. The number of esters is 1.